The minimum Gasteiger partial charge on any atom is -0.497 e. The van der Waals surface area contributed by atoms with Gasteiger partial charge in [-0.1, -0.05) is 55.9 Å². The number of carbonyl (C=O) groups is 2. The summed E-state index contributed by atoms with van der Waals surface area (Å²) in [5, 5.41) is 22.1. The summed E-state index contributed by atoms with van der Waals surface area (Å²) in [6, 6.07) is 9.64. The molecule has 0 radical (unpaired) electrons. The van der Waals surface area contributed by atoms with E-state index in [1.165, 1.54) is 16.7 Å². The number of nitrogens with zero attached hydrogens (tertiary/aromatic N) is 3. The van der Waals surface area contributed by atoms with Gasteiger partial charge in [-0.05, 0) is 55.5 Å². The molecular weight excluding hydrogens is 548 g/mol. The van der Waals surface area contributed by atoms with Crippen LogP contribution in [0.25, 0.3) is 6.08 Å². The third-order valence-electron chi connectivity index (χ3n) is 6.65. The van der Waals surface area contributed by atoms with Crippen LogP contribution in [0.5, 0.6) is 5.75 Å². The van der Waals surface area contributed by atoms with Gasteiger partial charge in [-0.3, -0.25) is 23.9 Å². The lowest BCUT2D eigenvalue weighted by Gasteiger charge is -2.20. The quantitative estimate of drug-likeness (QED) is 0.174. The number of aliphatic carboxylic acids is 1. The summed E-state index contributed by atoms with van der Waals surface area (Å²) in [5.74, 6) is 0.211. The number of pyridine rings is 1. The molecule has 2 N–H and O–H groups in total. The number of nitrogens with one attached hydrogen (secondary N) is 1. The molecule has 1 aliphatic heterocycles. The summed E-state index contributed by atoms with van der Waals surface area (Å²) in [6.45, 7) is 5.00. The van der Waals surface area contributed by atoms with Crippen LogP contribution in [0.3, 0.4) is 0 Å². The Morgan fingerprint density at radius 2 is 1.90 bits per heavy atom. The first-order valence-corrected chi connectivity index (χ1v) is 14.5. The molecule has 3 rings (SSSR count). The number of aromatic nitrogens is 1. The number of carbonyl (C=O) groups excluding carboxylic acids is 1. The second-order valence-electron chi connectivity index (χ2n) is 9.42. The molecule has 0 saturated carbocycles. The molecular formula is C29H34N4O5S2. The van der Waals surface area contributed by atoms with E-state index in [1.54, 1.807) is 24.7 Å². The molecule has 1 aliphatic rings. The summed E-state index contributed by atoms with van der Waals surface area (Å²) in [6.07, 6.45) is 5.28. The molecule has 1 amide bonds. The fraction of sp³-hybridized carbons (Fsp3) is 0.414. The number of carboxylic acids is 1. The molecule has 1 saturated heterocycles. The third kappa shape index (κ3) is 7.52. The molecule has 1 aromatic heterocycles. The zero-order valence-electron chi connectivity index (χ0n) is 23.0. The number of amides is 1. The van der Waals surface area contributed by atoms with Crippen LogP contribution < -0.4 is 15.6 Å². The van der Waals surface area contributed by atoms with Crippen molar-refractivity contribution in [3.8, 4) is 11.8 Å². The minimum absolute atomic E-state index is 0.0475. The highest BCUT2D eigenvalue weighted by atomic mass is 32.2. The molecule has 40 heavy (non-hydrogen) atoms. The number of benzene rings is 1. The highest BCUT2D eigenvalue weighted by Gasteiger charge is 2.32. The fourth-order valence-electron chi connectivity index (χ4n) is 4.36. The summed E-state index contributed by atoms with van der Waals surface area (Å²) in [7, 11) is 1.60. The number of nitriles is 1. The summed E-state index contributed by atoms with van der Waals surface area (Å²) >= 11 is 6.67. The second kappa shape index (κ2) is 14.7. The molecule has 1 fully saturated rings. The van der Waals surface area contributed by atoms with Crippen molar-refractivity contribution in [1.29, 1.82) is 5.26 Å². The molecule has 0 bridgehead atoms. The molecule has 2 heterocycles. The van der Waals surface area contributed by atoms with Crippen molar-refractivity contribution < 1.29 is 19.4 Å². The monoisotopic (exact) mass is 582 g/mol. The lowest BCUT2D eigenvalue weighted by Crippen LogP contribution is -2.29. The van der Waals surface area contributed by atoms with Gasteiger partial charge in [0.25, 0.3) is 11.5 Å². The first kappa shape index (κ1) is 30.9. The third-order valence-corrected chi connectivity index (χ3v) is 8.03. The number of hydrogen-bond donors (Lipinski definition) is 2. The average molecular weight is 583 g/mol. The molecule has 0 atom stereocenters. The van der Waals surface area contributed by atoms with E-state index in [0.717, 1.165) is 24.2 Å². The Morgan fingerprint density at radius 1 is 1.18 bits per heavy atom. The molecule has 0 aliphatic carbocycles. The maximum absolute atomic E-state index is 13.3. The van der Waals surface area contributed by atoms with Crippen LogP contribution in [0.2, 0.25) is 0 Å². The zero-order chi connectivity index (χ0) is 29.2. The van der Waals surface area contributed by atoms with Crippen LogP contribution in [0.4, 0.5) is 5.82 Å². The van der Waals surface area contributed by atoms with E-state index in [9.17, 15) is 19.6 Å². The van der Waals surface area contributed by atoms with Gasteiger partial charge in [0, 0.05) is 31.6 Å². The topological polar surface area (TPSA) is 125 Å². The van der Waals surface area contributed by atoms with Crippen molar-refractivity contribution in [3.63, 3.8) is 0 Å². The number of unbranched alkanes of at least 4 members (excludes halogenated alkanes) is 3. The Kier molecular flexibility index (Phi) is 11.3. The lowest BCUT2D eigenvalue weighted by atomic mass is 10.0. The Bertz CT molecular complexity index is 1390. The van der Waals surface area contributed by atoms with Gasteiger partial charge in [-0.25, -0.2) is 0 Å². The number of ether oxygens (including phenoxy) is 1. The number of thiocarbonyl (C=S) groups is 1. The lowest BCUT2D eigenvalue weighted by molar-refractivity contribution is -0.137. The second-order valence-corrected chi connectivity index (χ2v) is 11.1. The summed E-state index contributed by atoms with van der Waals surface area (Å²) < 4.78 is 7.26. The van der Waals surface area contributed by atoms with Gasteiger partial charge in [0.2, 0.25) is 0 Å². The van der Waals surface area contributed by atoms with Crippen molar-refractivity contribution in [1.82, 2.24) is 9.47 Å². The Morgan fingerprint density at radius 3 is 2.52 bits per heavy atom. The van der Waals surface area contributed by atoms with Crippen LogP contribution in [-0.4, -0.2) is 44.4 Å². The van der Waals surface area contributed by atoms with Gasteiger partial charge in [0.1, 0.15) is 27.5 Å². The molecule has 11 heteroatoms. The van der Waals surface area contributed by atoms with Gasteiger partial charge in [-0.2, -0.15) is 5.26 Å². The van der Waals surface area contributed by atoms with Crippen LogP contribution in [0.15, 0.2) is 34.0 Å². The van der Waals surface area contributed by atoms with Gasteiger partial charge < -0.3 is 15.2 Å². The van der Waals surface area contributed by atoms with Crippen molar-refractivity contribution >= 4 is 52.1 Å². The maximum Gasteiger partial charge on any atom is 0.303 e. The molecule has 1 aromatic carbocycles. The van der Waals surface area contributed by atoms with E-state index in [0.29, 0.717) is 65.1 Å². The SMILES string of the molecule is CCCCn1c(NCc2ccc(OC)cc2)c(/C=C2/SC(=S)N(CCCCCC(=O)O)C2=O)c(C)c(C#N)c1=O. The van der Waals surface area contributed by atoms with Gasteiger partial charge in [0.05, 0.1) is 12.0 Å². The Balaban J connectivity index is 1.97. The molecule has 0 unspecified atom stereocenters. The Hall–Kier alpha value is -3.62. The van der Waals surface area contributed by atoms with Gasteiger partial charge >= 0.3 is 5.97 Å². The van der Waals surface area contributed by atoms with Crippen LogP contribution in [0, 0.1) is 18.3 Å². The van der Waals surface area contributed by atoms with Crippen LogP contribution in [0.1, 0.15) is 67.7 Å². The van der Waals surface area contributed by atoms with Gasteiger partial charge in [-0.15, -0.1) is 0 Å². The number of anilines is 1. The van der Waals surface area contributed by atoms with E-state index < -0.39 is 5.97 Å². The van der Waals surface area contributed by atoms with Crippen molar-refractivity contribution in [2.24, 2.45) is 0 Å². The number of carboxylic acid groups (broad SMARTS) is 1. The van der Waals surface area contributed by atoms with Crippen LogP contribution in [-0.2, 0) is 22.7 Å². The fourth-order valence-corrected chi connectivity index (χ4v) is 5.65. The minimum atomic E-state index is -0.836. The number of rotatable bonds is 14. The van der Waals surface area contributed by atoms with Crippen molar-refractivity contribution in [3.05, 3.63) is 61.8 Å². The number of thioether (sulfide) groups is 1. The van der Waals surface area contributed by atoms with E-state index in [-0.39, 0.29) is 23.5 Å². The molecule has 212 valence electrons. The van der Waals surface area contributed by atoms with E-state index in [4.69, 9.17) is 22.1 Å². The van der Waals surface area contributed by atoms with Crippen molar-refractivity contribution in [2.45, 2.75) is 65.5 Å². The maximum atomic E-state index is 13.3. The smallest absolute Gasteiger partial charge is 0.303 e. The number of methoxy groups -OCH3 is 1. The Labute approximate surface area is 243 Å². The van der Waals surface area contributed by atoms with E-state index in [1.807, 2.05) is 31.2 Å². The average Bonchev–Trinajstić information content (AvgIpc) is 3.20. The molecule has 0 spiro atoms. The first-order valence-electron chi connectivity index (χ1n) is 13.2. The van der Waals surface area contributed by atoms with Crippen LogP contribution >= 0.6 is 24.0 Å². The molecule has 2 aromatic rings. The normalized spacial score (nSPS) is 14.1. The highest BCUT2D eigenvalue weighted by Crippen LogP contribution is 2.35. The predicted molar refractivity (Wildman–Crippen MR) is 161 cm³/mol. The van der Waals surface area contributed by atoms with E-state index in [2.05, 4.69) is 11.4 Å². The van der Waals surface area contributed by atoms with Crippen molar-refractivity contribution in [2.75, 3.05) is 19.0 Å². The largest absolute Gasteiger partial charge is 0.497 e. The standard InChI is InChI=1S/C29H34N4O5S2/c1-4-5-14-32-26(31-18-20-10-12-21(38-3)13-11-20)22(19(2)23(17-30)27(32)36)16-24-28(37)33(29(39)40-24)15-8-6-7-9-25(34)35/h10-13,16,31H,4-9,14-15,18H2,1-3H3,(H,34,35)/b24-16+. The number of hydrogen-bond acceptors (Lipinski definition) is 8. The van der Waals surface area contributed by atoms with E-state index >= 15 is 0 Å². The summed E-state index contributed by atoms with van der Waals surface area (Å²) in [4.78, 5) is 39.4. The summed E-state index contributed by atoms with van der Waals surface area (Å²) in [5.41, 5.74) is 1.75. The molecule has 9 nitrogen and oxygen atoms in total. The highest BCUT2D eigenvalue weighted by molar-refractivity contribution is 8.26. The van der Waals surface area contributed by atoms with Gasteiger partial charge in [0.15, 0.2) is 0 Å². The zero-order valence-corrected chi connectivity index (χ0v) is 24.6. The first-order chi connectivity index (χ1) is 19.2. The predicted octanol–water partition coefficient (Wildman–Crippen LogP) is 5.30.